The number of amides is 1. The lowest BCUT2D eigenvalue weighted by molar-refractivity contribution is -0.139. The second-order valence-electron chi connectivity index (χ2n) is 9.08. The number of nitrogens with zero attached hydrogens (tertiary/aromatic N) is 1. The normalized spacial score (nSPS) is 21.5. The summed E-state index contributed by atoms with van der Waals surface area (Å²) in [5, 5.41) is 0. The van der Waals surface area contributed by atoms with Crippen LogP contribution in [-0.4, -0.2) is 23.9 Å². The first-order valence-electron chi connectivity index (χ1n) is 11.2. The van der Waals surface area contributed by atoms with Crippen molar-refractivity contribution in [3.8, 4) is 5.75 Å². The van der Waals surface area contributed by atoms with Crippen LogP contribution in [-0.2, 0) is 17.4 Å². The maximum atomic E-state index is 14.0. The Morgan fingerprint density at radius 2 is 1.78 bits per heavy atom. The summed E-state index contributed by atoms with van der Waals surface area (Å²) in [7, 11) is 0. The molecule has 0 radical (unpaired) electrons. The molecule has 7 heteroatoms. The number of alkyl halides is 3. The van der Waals surface area contributed by atoms with E-state index in [0.717, 1.165) is 34.9 Å². The van der Waals surface area contributed by atoms with Gasteiger partial charge in [-0.2, -0.15) is 13.2 Å². The summed E-state index contributed by atoms with van der Waals surface area (Å²) < 4.78 is 48.7. The molecule has 170 valence electrons. The highest BCUT2D eigenvalue weighted by molar-refractivity contribution is 9.10. The first-order chi connectivity index (χ1) is 15.3. The van der Waals surface area contributed by atoms with Crippen molar-refractivity contribution in [3.63, 3.8) is 0 Å². The molecule has 32 heavy (non-hydrogen) atoms. The molecule has 1 saturated heterocycles. The number of carbonyl (C=O) groups excluding carboxylic acids is 1. The van der Waals surface area contributed by atoms with Crippen LogP contribution >= 0.6 is 15.9 Å². The molecule has 0 bridgehead atoms. The summed E-state index contributed by atoms with van der Waals surface area (Å²) in [4.78, 5) is 14.1. The average Bonchev–Trinajstić information content (AvgIpc) is 3.54. The molecular weight excluding hydrogens is 483 g/mol. The van der Waals surface area contributed by atoms with Gasteiger partial charge in [-0.1, -0.05) is 34.1 Å². The van der Waals surface area contributed by atoms with Gasteiger partial charge in [0.25, 0.3) is 0 Å². The number of halogens is 4. The molecule has 0 aromatic heterocycles. The van der Waals surface area contributed by atoms with Gasteiger partial charge >= 0.3 is 6.18 Å². The quantitative estimate of drug-likeness (QED) is 0.463. The third kappa shape index (κ3) is 4.28. The average molecular weight is 508 g/mol. The summed E-state index contributed by atoms with van der Waals surface area (Å²) in [5.41, 5.74) is 2.02. The Morgan fingerprint density at radius 3 is 2.47 bits per heavy atom. The van der Waals surface area contributed by atoms with Gasteiger partial charge in [0.2, 0.25) is 5.91 Å². The van der Waals surface area contributed by atoms with Gasteiger partial charge in [-0.05, 0) is 73.8 Å². The Hall–Kier alpha value is -2.02. The van der Waals surface area contributed by atoms with E-state index in [1.54, 1.807) is 6.07 Å². The summed E-state index contributed by atoms with van der Waals surface area (Å²) >= 11 is 3.52. The second-order valence-corrected chi connectivity index (χ2v) is 9.94. The molecule has 0 spiro atoms. The van der Waals surface area contributed by atoms with Crippen molar-refractivity contribution in [2.24, 2.45) is 5.92 Å². The van der Waals surface area contributed by atoms with E-state index in [9.17, 15) is 18.0 Å². The predicted octanol–water partition coefficient (Wildman–Crippen LogP) is 6.65. The number of piperidine rings is 1. The minimum Gasteiger partial charge on any atom is -0.485 e. The van der Waals surface area contributed by atoms with Crippen molar-refractivity contribution in [1.82, 2.24) is 4.90 Å². The van der Waals surface area contributed by atoms with Gasteiger partial charge in [-0.25, -0.2) is 0 Å². The zero-order valence-electron chi connectivity index (χ0n) is 17.6. The predicted molar refractivity (Wildman–Crippen MR) is 119 cm³/mol. The monoisotopic (exact) mass is 507 g/mol. The maximum Gasteiger partial charge on any atom is 0.419 e. The minimum absolute atomic E-state index is 0.0229. The van der Waals surface area contributed by atoms with Crippen LogP contribution in [0.1, 0.15) is 66.4 Å². The molecule has 2 aromatic carbocycles. The molecule has 1 saturated carbocycles. The molecule has 1 atom stereocenters. The van der Waals surface area contributed by atoms with E-state index in [1.807, 2.05) is 23.1 Å². The molecule has 1 aliphatic heterocycles. The number of carbonyl (C=O) groups is 1. The molecule has 3 nitrogen and oxygen atoms in total. The Morgan fingerprint density at radius 1 is 1.03 bits per heavy atom. The summed E-state index contributed by atoms with van der Waals surface area (Å²) in [5.74, 6) is 0.303. The van der Waals surface area contributed by atoms with Crippen LogP contribution in [0.3, 0.4) is 0 Å². The molecule has 2 fully saturated rings. The Balaban J connectivity index is 1.35. The molecule has 2 aliphatic carbocycles. The zero-order valence-corrected chi connectivity index (χ0v) is 19.2. The smallest absolute Gasteiger partial charge is 0.419 e. The van der Waals surface area contributed by atoms with Gasteiger partial charge in [0, 0.05) is 29.0 Å². The molecule has 1 heterocycles. The van der Waals surface area contributed by atoms with Crippen molar-refractivity contribution in [2.75, 3.05) is 13.1 Å². The topological polar surface area (TPSA) is 29.5 Å². The van der Waals surface area contributed by atoms with Crippen LogP contribution in [0.25, 0.3) is 0 Å². The molecule has 1 unspecified atom stereocenters. The number of rotatable bonds is 4. The number of benzene rings is 2. The minimum atomic E-state index is -4.50. The summed E-state index contributed by atoms with van der Waals surface area (Å²) in [6.45, 7) is 1.24. The lowest BCUT2D eigenvalue weighted by Crippen LogP contribution is -2.38. The third-order valence-corrected chi connectivity index (χ3v) is 7.62. The van der Waals surface area contributed by atoms with Crippen molar-refractivity contribution >= 4 is 21.8 Å². The van der Waals surface area contributed by atoms with E-state index in [4.69, 9.17) is 4.74 Å². The molecular formula is C25H25BrF3NO2. The van der Waals surface area contributed by atoms with Crippen molar-refractivity contribution in [3.05, 3.63) is 63.1 Å². The van der Waals surface area contributed by atoms with Crippen LogP contribution in [0.2, 0.25) is 0 Å². The Labute approximate surface area is 194 Å². The Bertz CT molecular complexity index is 1030. The van der Waals surface area contributed by atoms with Gasteiger partial charge in [0.15, 0.2) is 0 Å². The van der Waals surface area contributed by atoms with E-state index >= 15 is 0 Å². The third-order valence-electron chi connectivity index (χ3n) is 6.92. The van der Waals surface area contributed by atoms with E-state index in [-0.39, 0.29) is 23.5 Å². The van der Waals surface area contributed by atoms with Gasteiger partial charge in [-0.15, -0.1) is 0 Å². The SMILES string of the molecule is O=C(C1CC1)N1CCC(c2ccc(OC3CCc4cccc(Br)c43)c(C(F)(F)F)c2)CC1. The lowest BCUT2D eigenvalue weighted by Gasteiger charge is -2.33. The van der Waals surface area contributed by atoms with Crippen LogP contribution in [0.15, 0.2) is 40.9 Å². The highest BCUT2D eigenvalue weighted by Gasteiger charge is 2.38. The fraction of sp³-hybridized carbons (Fsp3) is 0.480. The van der Waals surface area contributed by atoms with Gasteiger partial charge < -0.3 is 9.64 Å². The highest BCUT2D eigenvalue weighted by Crippen LogP contribution is 2.44. The molecule has 3 aliphatic rings. The van der Waals surface area contributed by atoms with Crippen LogP contribution in [0, 0.1) is 5.92 Å². The number of aryl methyl sites for hydroxylation is 1. The highest BCUT2D eigenvalue weighted by atomic mass is 79.9. The molecule has 5 rings (SSSR count). The van der Waals surface area contributed by atoms with Crippen molar-refractivity contribution < 1.29 is 22.7 Å². The fourth-order valence-electron chi connectivity index (χ4n) is 5.01. The van der Waals surface area contributed by atoms with Crippen molar-refractivity contribution in [2.45, 2.75) is 56.7 Å². The zero-order chi connectivity index (χ0) is 22.5. The molecule has 0 N–H and O–H groups in total. The van der Waals surface area contributed by atoms with E-state index in [0.29, 0.717) is 37.9 Å². The number of hydrogen-bond donors (Lipinski definition) is 0. The Kier molecular flexibility index (Phi) is 5.72. The van der Waals surface area contributed by atoms with Gasteiger partial charge in [-0.3, -0.25) is 4.79 Å². The fourth-order valence-corrected chi connectivity index (χ4v) is 5.67. The number of hydrogen-bond acceptors (Lipinski definition) is 2. The second kappa shape index (κ2) is 8.40. The van der Waals surface area contributed by atoms with Crippen LogP contribution in [0.4, 0.5) is 13.2 Å². The van der Waals surface area contributed by atoms with Gasteiger partial charge in [0.1, 0.15) is 11.9 Å². The number of likely N-dealkylation sites (tertiary alicyclic amines) is 1. The maximum absolute atomic E-state index is 14.0. The number of fused-ring (bicyclic) bond motifs is 1. The molecule has 2 aromatic rings. The van der Waals surface area contributed by atoms with E-state index < -0.39 is 17.8 Å². The number of ether oxygens (including phenoxy) is 1. The van der Waals surface area contributed by atoms with Gasteiger partial charge in [0.05, 0.1) is 5.56 Å². The summed E-state index contributed by atoms with van der Waals surface area (Å²) in [6.07, 6.45) is -0.124. The summed E-state index contributed by atoms with van der Waals surface area (Å²) in [6, 6.07) is 10.3. The first-order valence-corrected chi connectivity index (χ1v) is 12.0. The van der Waals surface area contributed by atoms with Crippen molar-refractivity contribution in [1.29, 1.82) is 0 Å². The molecule has 1 amide bonds. The lowest BCUT2D eigenvalue weighted by atomic mass is 9.88. The van der Waals surface area contributed by atoms with E-state index in [2.05, 4.69) is 15.9 Å². The van der Waals surface area contributed by atoms with Crippen LogP contribution in [0.5, 0.6) is 5.75 Å². The van der Waals surface area contributed by atoms with E-state index in [1.165, 1.54) is 12.1 Å². The van der Waals surface area contributed by atoms with Crippen LogP contribution < -0.4 is 4.74 Å². The first kappa shape index (κ1) is 21.8. The largest absolute Gasteiger partial charge is 0.485 e. The standard InChI is InChI=1S/C25H25BrF3NO2/c26-20-3-1-2-16-6-9-22(23(16)20)32-21-8-7-18(14-19(21)25(27,28)29)15-10-12-30(13-11-15)24(31)17-4-5-17/h1-3,7-8,14-15,17,22H,4-6,9-13H2.